The number of likely N-dealkylation sites (tertiary alicyclic amines) is 1. The molecule has 0 bridgehead atoms. The largest absolute Gasteiger partial charge is 0.381 e. The van der Waals surface area contributed by atoms with E-state index in [1.165, 1.54) is 15.3 Å². The van der Waals surface area contributed by atoms with Gasteiger partial charge in [-0.1, -0.05) is 0 Å². The Kier molecular flexibility index (Phi) is 4.78. The number of hydrogen-bond acceptors (Lipinski definition) is 4. The summed E-state index contributed by atoms with van der Waals surface area (Å²) in [6.45, 7) is 7.35. The predicted octanol–water partition coefficient (Wildman–Crippen LogP) is 2.51. The molecule has 1 saturated heterocycles. The zero-order chi connectivity index (χ0) is 13.1. The summed E-state index contributed by atoms with van der Waals surface area (Å²) in [5, 5.41) is 0. The van der Waals surface area contributed by atoms with Crippen LogP contribution in [0.5, 0.6) is 0 Å². The highest BCUT2D eigenvalue weighted by Crippen LogP contribution is 2.26. The SMILES string of the molecule is COC1CCN(Cc2cc(CN)sc2C)C(C)C1. The summed E-state index contributed by atoms with van der Waals surface area (Å²) in [5.41, 5.74) is 7.16. The molecule has 3 nitrogen and oxygen atoms in total. The van der Waals surface area contributed by atoms with E-state index in [-0.39, 0.29) is 0 Å². The minimum Gasteiger partial charge on any atom is -0.381 e. The lowest BCUT2D eigenvalue weighted by atomic mass is 10.00. The molecule has 18 heavy (non-hydrogen) atoms. The minimum atomic E-state index is 0.444. The van der Waals surface area contributed by atoms with Gasteiger partial charge in [-0.15, -0.1) is 11.3 Å². The van der Waals surface area contributed by atoms with Crippen LogP contribution in [0.25, 0.3) is 0 Å². The first kappa shape index (κ1) is 14.0. The summed E-state index contributed by atoms with van der Waals surface area (Å²) in [5.74, 6) is 0. The van der Waals surface area contributed by atoms with Gasteiger partial charge >= 0.3 is 0 Å². The molecule has 2 unspecified atom stereocenters. The molecule has 0 aliphatic carbocycles. The van der Waals surface area contributed by atoms with Crippen molar-refractivity contribution in [3.63, 3.8) is 0 Å². The lowest BCUT2D eigenvalue weighted by Crippen LogP contribution is -2.42. The van der Waals surface area contributed by atoms with E-state index in [4.69, 9.17) is 10.5 Å². The van der Waals surface area contributed by atoms with E-state index in [1.54, 1.807) is 0 Å². The zero-order valence-electron chi connectivity index (χ0n) is 11.6. The number of ether oxygens (including phenoxy) is 1. The Morgan fingerprint density at radius 1 is 1.56 bits per heavy atom. The van der Waals surface area contributed by atoms with E-state index in [0.29, 0.717) is 18.7 Å². The topological polar surface area (TPSA) is 38.5 Å². The molecule has 1 fully saturated rings. The lowest BCUT2D eigenvalue weighted by molar-refractivity contribution is 0.0129. The molecule has 0 amide bonds. The predicted molar refractivity (Wildman–Crippen MR) is 76.9 cm³/mol. The van der Waals surface area contributed by atoms with Gasteiger partial charge < -0.3 is 10.5 Å². The zero-order valence-corrected chi connectivity index (χ0v) is 12.4. The fourth-order valence-electron chi connectivity index (χ4n) is 2.69. The first-order chi connectivity index (χ1) is 8.63. The summed E-state index contributed by atoms with van der Waals surface area (Å²) in [7, 11) is 1.82. The van der Waals surface area contributed by atoms with Crippen molar-refractivity contribution in [3.8, 4) is 0 Å². The van der Waals surface area contributed by atoms with Gasteiger partial charge in [-0.2, -0.15) is 0 Å². The van der Waals surface area contributed by atoms with Crippen LogP contribution in [-0.2, 0) is 17.8 Å². The molecule has 0 saturated carbocycles. The Labute approximate surface area is 114 Å². The number of nitrogens with zero attached hydrogens (tertiary/aromatic N) is 1. The molecule has 102 valence electrons. The van der Waals surface area contributed by atoms with Gasteiger partial charge in [-0.3, -0.25) is 4.90 Å². The second-order valence-corrected chi connectivity index (χ2v) is 6.54. The maximum Gasteiger partial charge on any atom is 0.0598 e. The van der Waals surface area contributed by atoms with Crippen molar-refractivity contribution in [2.24, 2.45) is 5.73 Å². The van der Waals surface area contributed by atoms with Crippen LogP contribution in [0, 0.1) is 6.92 Å². The number of piperidine rings is 1. The van der Waals surface area contributed by atoms with Crippen molar-refractivity contribution in [1.82, 2.24) is 4.90 Å². The minimum absolute atomic E-state index is 0.444. The van der Waals surface area contributed by atoms with E-state index in [9.17, 15) is 0 Å². The fourth-order valence-corrected chi connectivity index (χ4v) is 3.62. The van der Waals surface area contributed by atoms with Crippen LogP contribution < -0.4 is 5.73 Å². The third-order valence-electron chi connectivity index (χ3n) is 3.95. The maximum absolute atomic E-state index is 5.71. The van der Waals surface area contributed by atoms with E-state index in [1.807, 2.05) is 18.4 Å². The highest BCUT2D eigenvalue weighted by molar-refractivity contribution is 7.12. The normalized spacial score (nSPS) is 25.6. The molecular weight excluding hydrogens is 244 g/mol. The van der Waals surface area contributed by atoms with Gasteiger partial charge in [0.2, 0.25) is 0 Å². The van der Waals surface area contributed by atoms with E-state index < -0.39 is 0 Å². The molecular formula is C14H24N2OS. The second kappa shape index (κ2) is 6.15. The number of aryl methyl sites for hydroxylation is 1. The highest BCUT2D eigenvalue weighted by Gasteiger charge is 2.25. The van der Waals surface area contributed by atoms with Crippen LogP contribution >= 0.6 is 11.3 Å². The van der Waals surface area contributed by atoms with E-state index in [2.05, 4.69) is 24.8 Å². The van der Waals surface area contributed by atoms with Crippen LogP contribution in [0.2, 0.25) is 0 Å². The van der Waals surface area contributed by atoms with Crippen LogP contribution in [0.3, 0.4) is 0 Å². The van der Waals surface area contributed by atoms with Gasteiger partial charge in [0.15, 0.2) is 0 Å². The summed E-state index contributed by atoms with van der Waals surface area (Å²) >= 11 is 1.83. The fraction of sp³-hybridized carbons (Fsp3) is 0.714. The third-order valence-corrected chi connectivity index (χ3v) is 5.06. The maximum atomic E-state index is 5.71. The number of thiophene rings is 1. The Morgan fingerprint density at radius 2 is 2.33 bits per heavy atom. The lowest BCUT2D eigenvalue weighted by Gasteiger charge is -2.37. The van der Waals surface area contributed by atoms with Crippen molar-refractivity contribution in [2.75, 3.05) is 13.7 Å². The summed E-state index contributed by atoms with van der Waals surface area (Å²) < 4.78 is 5.46. The van der Waals surface area contributed by atoms with Crippen LogP contribution in [0.4, 0.5) is 0 Å². The van der Waals surface area contributed by atoms with Gasteiger partial charge in [0.25, 0.3) is 0 Å². The van der Waals surface area contributed by atoms with E-state index in [0.717, 1.165) is 25.9 Å². The summed E-state index contributed by atoms with van der Waals surface area (Å²) in [6.07, 6.45) is 2.73. The molecule has 2 atom stereocenters. The molecule has 1 aromatic rings. The van der Waals surface area contributed by atoms with Crippen molar-refractivity contribution >= 4 is 11.3 Å². The van der Waals surface area contributed by atoms with Gasteiger partial charge in [0, 0.05) is 42.5 Å². The Hall–Kier alpha value is -0.420. The molecule has 1 aromatic heterocycles. The summed E-state index contributed by atoms with van der Waals surface area (Å²) in [4.78, 5) is 5.27. The average molecular weight is 268 g/mol. The molecule has 0 spiro atoms. The van der Waals surface area contributed by atoms with Crippen LogP contribution in [0.15, 0.2) is 6.07 Å². The molecule has 1 aliphatic rings. The molecule has 4 heteroatoms. The number of methoxy groups -OCH3 is 1. The molecule has 2 rings (SSSR count). The molecule has 0 radical (unpaired) electrons. The Balaban J connectivity index is 1.98. The monoisotopic (exact) mass is 268 g/mol. The van der Waals surface area contributed by atoms with Gasteiger partial charge in [0.1, 0.15) is 0 Å². The van der Waals surface area contributed by atoms with Gasteiger partial charge in [-0.05, 0) is 38.3 Å². The standard InChI is InChI=1S/C14H24N2OS/c1-10-6-13(17-3)4-5-16(10)9-12-7-14(8-15)18-11(12)2/h7,10,13H,4-6,8-9,15H2,1-3H3. The van der Waals surface area contributed by atoms with Gasteiger partial charge in [0.05, 0.1) is 6.10 Å². The first-order valence-electron chi connectivity index (χ1n) is 6.69. The molecule has 0 aromatic carbocycles. The molecule has 2 heterocycles. The average Bonchev–Trinajstić information content (AvgIpc) is 2.72. The third kappa shape index (κ3) is 3.12. The number of rotatable bonds is 4. The quantitative estimate of drug-likeness (QED) is 0.912. The summed E-state index contributed by atoms with van der Waals surface area (Å²) in [6, 6.07) is 2.87. The highest BCUT2D eigenvalue weighted by atomic mass is 32.1. The van der Waals surface area contributed by atoms with Crippen molar-refractivity contribution in [1.29, 1.82) is 0 Å². The van der Waals surface area contributed by atoms with Crippen LogP contribution in [0.1, 0.15) is 35.1 Å². The van der Waals surface area contributed by atoms with Crippen molar-refractivity contribution in [2.45, 2.75) is 51.9 Å². The van der Waals surface area contributed by atoms with E-state index >= 15 is 0 Å². The Morgan fingerprint density at radius 3 is 2.89 bits per heavy atom. The van der Waals surface area contributed by atoms with Gasteiger partial charge in [-0.25, -0.2) is 0 Å². The second-order valence-electron chi connectivity index (χ2n) is 5.20. The number of nitrogens with two attached hydrogens (primary N) is 1. The molecule has 1 aliphatic heterocycles. The first-order valence-corrected chi connectivity index (χ1v) is 7.50. The molecule has 2 N–H and O–H groups in total. The van der Waals surface area contributed by atoms with Crippen molar-refractivity contribution in [3.05, 3.63) is 21.4 Å². The van der Waals surface area contributed by atoms with Crippen LogP contribution in [-0.4, -0.2) is 30.7 Å². The van der Waals surface area contributed by atoms with Crippen molar-refractivity contribution < 1.29 is 4.74 Å². The number of hydrogen-bond donors (Lipinski definition) is 1. The smallest absolute Gasteiger partial charge is 0.0598 e. The Bertz CT molecular complexity index is 391.